The smallest absolute Gasteiger partial charge is 0.338 e. The van der Waals surface area contributed by atoms with Gasteiger partial charge >= 0.3 is 5.97 Å². The number of esters is 1. The fourth-order valence-electron chi connectivity index (χ4n) is 4.72. The van der Waals surface area contributed by atoms with Crippen molar-refractivity contribution < 1.29 is 19.0 Å². The highest BCUT2D eigenvalue weighted by molar-refractivity contribution is 9.10. The zero-order chi connectivity index (χ0) is 30.7. The van der Waals surface area contributed by atoms with Crippen LogP contribution < -0.4 is 24.4 Å². The molecule has 10 heteroatoms. The second kappa shape index (κ2) is 13.4. The van der Waals surface area contributed by atoms with Crippen molar-refractivity contribution in [1.82, 2.24) is 4.57 Å². The Hall–Kier alpha value is -3.47. The quantitative estimate of drug-likeness (QED) is 0.180. The number of nitrogens with zero attached hydrogens (tertiary/aromatic N) is 2. The summed E-state index contributed by atoms with van der Waals surface area (Å²) in [5.41, 5.74) is 3.26. The minimum atomic E-state index is -0.688. The van der Waals surface area contributed by atoms with Crippen molar-refractivity contribution in [3.8, 4) is 11.5 Å². The van der Waals surface area contributed by atoms with E-state index in [2.05, 4.69) is 36.9 Å². The van der Waals surface area contributed by atoms with E-state index in [1.54, 1.807) is 18.4 Å². The number of hydrogen-bond acceptors (Lipinski definition) is 7. The van der Waals surface area contributed by atoms with Gasteiger partial charge in [0.05, 0.1) is 39.0 Å². The Morgan fingerprint density at radius 2 is 1.79 bits per heavy atom. The first-order valence-electron chi connectivity index (χ1n) is 13.8. The van der Waals surface area contributed by atoms with Gasteiger partial charge in [0.25, 0.3) is 5.56 Å². The number of ether oxygens (including phenoxy) is 3. The van der Waals surface area contributed by atoms with Gasteiger partial charge < -0.3 is 14.2 Å². The Kier molecular flexibility index (Phi) is 9.68. The van der Waals surface area contributed by atoms with Gasteiger partial charge in [-0.05, 0) is 103 Å². The number of thiazole rings is 1. The first-order valence-corrected chi connectivity index (χ1v) is 16.2. The molecule has 0 saturated carbocycles. The number of allylic oxidation sites excluding steroid dienone is 1. The molecule has 2 heterocycles. The molecule has 4 aromatic rings. The van der Waals surface area contributed by atoms with Crippen LogP contribution in [0, 0.1) is 0 Å². The molecule has 43 heavy (non-hydrogen) atoms. The van der Waals surface area contributed by atoms with Crippen LogP contribution in [-0.4, -0.2) is 23.2 Å². The summed E-state index contributed by atoms with van der Waals surface area (Å²) in [4.78, 5) is 32.2. The maximum atomic E-state index is 13.9. The van der Waals surface area contributed by atoms with Gasteiger partial charge in [-0.2, -0.15) is 0 Å². The lowest BCUT2D eigenvalue weighted by Crippen LogP contribution is -2.39. The topological polar surface area (TPSA) is 79.1 Å². The molecule has 0 bridgehead atoms. The number of halogens is 2. The van der Waals surface area contributed by atoms with Crippen molar-refractivity contribution in [2.75, 3.05) is 6.61 Å². The molecule has 1 aromatic heterocycles. The number of hydrogen-bond donors (Lipinski definition) is 0. The third kappa shape index (κ3) is 7.03. The normalized spacial score (nSPS) is 14.9. The standard InChI is InChI=1S/C33H30Br2N2O5S/c1-5-40-32(39)29-20(4)36-33-37(30(29)23-9-13-25(14-10-23)42-19(2)3)31(38)28(43-33)17-22-8-15-27(26(35)16-22)41-18-21-6-11-24(34)12-7-21/h6-17,19,30H,5,18H2,1-4H3/b28-17-/t30-/m0/s1. The monoisotopic (exact) mass is 724 g/mol. The predicted octanol–water partition coefficient (Wildman–Crippen LogP) is 6.69. The lowest BCUT2D eigenvalue weighted by atomic mass is 9.96. The maximum absolute atomic E-state index is 13.9. The molecular formula is C33H30Br2N2O5S. The van der Waals surface area contributed by atoms with Crippen LogP contribution in [0.3, 0.4) is 0 Å². The second-order valence-electron chi connectivity index (χ2n) is 10.1. The fourth-order valence-corrected chi connectivity index (χ4v) is 6.55. The first kappa shape index (κ1) is 31.0. The van der Waals surface area contributed by atoms with Gasteiger partial charge in [-0.15, -0.1) is 0 Å². The lowest BCUT2D eigenvalue weighted by Gasteiger charge is -2.25. The van der Waals surface area contributed by atoms with E-state index in [-0.39, 0.29) is 18.3 Å². The molecule has 0 aliphatic carbocycles. The van der Waals surface area contributed by atoms with Gasteiger partial charge in [0.15, 0.2) is 4.80 Å². The van der Waals surface area contributed by atoms with Crippen molar-refractivity contribution in [2.45, 2.75) is 46.4 Å². The third-order valence-electron chi connectivity index (χ3n) is 6.65. The van der Waals surface area contributed by atoms with E-state index in [4.69, 9.17) is 14.2 Å². The van der Waals surface area contributed by atoms with Gasteiger partial charge in [0.1, 0.15) is 18.1 Å². The molecule has 0 amide bonds. The molecule has 0 unspecified atom stereocenters. The minimum Gasteiger partial charge on any atom is -0.491 e. The minimum absolute atomic E-state index is 0.0212. The van der Waals surface area contributed by atoms with Crippen LogP contribution in [0.2, 0.25) is 0 Å². The Morgan fingerprint density at radius 1 is 1.07 bits per heavy atom. The average Bonchev–Trinajstić information content (AvgIpc) is 3.27. The molecule has 222 valence electrons. The van der Waals surface area contributed by atoms with Crippen molar-refractivity contribution >= 4 is 55.2 Å². The Bertz CT molecular complexity index is 1860. The van der Waals surface area contributed by atoms with Gasteiger partial charge in [-0.3, -0.25) is 9.36 Å². The molecule has 0 spiro atoms. The number of fused-ring (bicyclic) bond motifs is 1. The number of aromatic nitrogens is 1. The maximum Gasteiger partial charge on any atom is 0.338 e. The van der Waals surface area contributed by atoms with E-state index >= 15 is 0 Å². The second-order valence-corrected chi connectivity index (χ2v) is 12.9. The molecule has 3 aromatic carbocycles. The molecule has 1 atom stereocenters. The van der Waals surface area contributed by atoms with Crippen molar-refractivity contribution in [2.24, 2.45) is 4.99 Å². The predicted molar refractivity (Wildman–Crippen MR) is 175 cm³/mol. The Labute approximate surface area is 270 Å². The summed E-state index contributed by atoms with van der Waals surface area (Å²) in [6.07, 6.45) is 1.85. The fraction of sp³-hybridized carbons (Fsp3) is 0.242. The lowest BCUT2D eigenvalue weighted by molar-refractivity contribution is -0.139. The third-order valence-corrected chi connectivity index (χ3v) is 8.78. The highest BCUT2D eigenvalue weighted by Gasteiger charge is 2.33. The summed E-state index contributed by atoms with van der Waals surface area (Å²) in [6, 6.07) is 20.4. The average molecular weight is 726 g/mol. The van der Waals surface area contributed by atoms with Crippen LogP contribution in [0.1, 0.15) is 50.4 Å². The van der Waals surface area contributed by atoms with Gasteiger partial charge in [0.2, 0.25) is 0 Å². The highest BCUT2D eigenvalue weighted by Crippen LogP contribution is 2.32. The molecular weight excluding hydrogens is 696 g/mol. The molecule has 7 nitrogen and oxygen atoms in total. The van der Waals surface area contributed by atoms with Crippen LogP contribution in [0.15, 0.2) is 96.7 Å². The highest BCUT2D eigenvalue weighted by atomic mass is 79.9. The first-order chi connectivity index (χ1) is 20.6. The summed E-state index contributed by atoms with van der Waals surface area (Å²) in [5, 5.41) is 0. The Balaban J connectivity index is 1.51. The summed E-state index contributed by atoms with van der Waals surface area (Å²) in [6.45, 7) is 8.09. The molecule has 0 radical (unpaired) electrons. The number of rotatable bonds is 9. The van der Waals surface area contributed by atoms with Crippen LogP contribution in [0.4, 0.5) is 0 Å². The number of carbonyl (C=O) groups excluding carboxylic acids is 1. The number of benzene rings is 3. The largest absolute Gasteiger partial charge is 0.491 e. The van der Waals surface area contributed by atoms with E-state index in [0.717, 1.165) is 25.6 Å². The van der Waals surface area contributed by atoms with E-state index in [0.29, 0.717) is 38.7 Å². The molecule has 1 aliphatic heterocycles. The van der Waals surface area contributed by atoms with Crippen molar-refractivity contribution in [3.63, 3.8) is 0 Å². The van der Waals surface area contributed by atoms with Crippen LogP contribution >= 0.6 is 43.2 Å². The van der Waals surface area contributed by atoms with E-state index in [1.807, 2.05) is 86.7 Å². The Morgan fingerprint density at radius 3 is 2.44 bits per heavy atom. The van der Waals surface area contributed by atoms with Gasteiger partial charge in [-0.1, -0.05) is 57.6 Å². The van der Waals surface area contributed by atoms with E-state index in [9.17, 15) is 9.59 Å². The summed E-state index contributed by atoms with van der Waals surface area (Å²) in [7, 11) is 0. The summed E-state index contributed by atoms with van der Waals surface area (Å²) < 4.78 is 21.1. The zero-order valence-corrected chi connectivity index (χ0v) is 28.1. The molecule has 0 N–H and O–H groups in total. The van der Waals surface area contributed by atoms with Gasteiger partial charge in [-0.25, -0.2) is 9.79 Å². The molecule has 1 aliphatic rings. The molecule has 5 rings (SSSR count). The van der Waals surface area contributed by atoms with Crippen LogP contribution in [0.25, 0.3) is 6.08 Å². The number of carbonyl (C=O) groups is 1. The zero-order valence-electron chi connectivity index (χ0n) is 24.1. The summed E-state index contributed by atoms with van der Waals surface area (Å²) >= 11 is 8.34. The molecule has 0 fully saturated rings. The van der Waals surface area contributed by atoms with E-state index < -0.39 is 12.0 Å². The molecule has 0 saturated heterocycles. The van der Waals surface area contributed by atoms with Crippen LogP contribution in [0.5, 0.6) is 11.5 Å². The van der Waals surface area contributed by atoms with Crippen molar-refractivity contribution in [3.05, 3.63) is 123 Å². The van der Waals surface area contributed by atoms with Crippen LogP contribution in [-0.2, 0) is 16.1 Å². The van der Waals surface area contributed by atoms with E-state index in [1.165, 1.54) is 11.3 Å². The van der Waals surface area contributed by atoms with Crippen molar-refractivity contribution in [1.29, 1.82) is 0 Å². The summed E-state index contributed by atoms with van der Waals surface area (Å²) in [5.74, 6) is 0.911. The van der Waals surface area contributed by atoms with Gasteiger partial charge in [0, 0.05) is 4.47 Å². The SMILES string of the molecule is CCOC(=O)C1=C(C)N=c2s/c(=C\c3ccc(OCc4ccc(Br)cc4)c(Br)c3)c(=O)n2[C@H]1c1ccc(OC(C)C)cc1.